The molecule has 0 N–H and O–H groups in total. The third-order valence-electron chi connectivity index (χ3n) is 3.83. The smallest absolute Gasteiger partial charge is 0.0270 e. The highest BCUT2D eigenvalue weighted by Crippen LogP contribution is 2.24. The van der Waals surface area contributed by atoms with E-state index in [4.69, 9.17) is 5.53 Å². The van der Waals surface area contributed by atoms with Crippen molar-refractivity contribution in [1.82, 2.24) is 9.80 Å². The first-order valence-electron chi connectivity index (χ1n) is 6.30. The van der Waals surface area contributed by atoms with Gasteiger partial charge in [-0.1, -0.05) is 5.11 Å². The van der Waals surface area contributed by atoms with Crippen molar-refractivity contribution in [1.29, 1.82) is 0 Å². The lowest BCUT2D eigenvalue weighted by molar-refractivity contribution is 0.0593. The van der Waals surface area contributed by atoms with Gasteiger partial charge in [0, 0.05) is 36.6 Å². The first-order chi connectivity index (χ1) is 7.81. The van der Waals surface area contributed by atoms with Crippen molar-refractivity contribution in [3.63, 3.8) is 0 Å². The van der Waals surface area contributed by atoms with Gasteiger partial charge in [0.15, 0.2) is 0 Å². The van der Waals surface area contributed by atoms with Crippen molar-refractivity contribution >= 4 is 0 Å². The van der Waals surface area contributed by atoms with Crippen molar-refractivity contribution in [2.75, 3.05) is 32.7 Å². The van der Waals surface area contributed by atoms with Crippen LogP contribution in [0.5, 0.6) is 0 Å². The largest absolute Gasteiger partial charge is 0.298 e. The van der Waals surface area contributed by atoms with Crippen LogP contribution in [0, 0.1) is 0 Å². The van der Waals surface area contributed by atoms with E-state index >= 15 is 0 Å². The predicted octanol–water partition coefficient (Wildman–Crippen LogP) is 1.86. The second kappa shape index (κ2) is 5.53. The fraction of sp³-hybridized carbons (Fsp3) is 1.00. The predicted molar refractivity (Wildman–Crippen MR) is 64.3 cm³/mol. The summed E-state index contributed by atoms with van der Waals surface area (Å²) in [6, 6.07) is 1.44. The molecule has 90 valence electrons. The summed E-state index contributed by atoms with van der Waals surface area (Å²) in [5, 5.41) is 3.59. The lowest BCUT2D eigenvalue weighted by atomic mass is 10.1. The molecule has 2 aliphatic rings. The molecule has 2 fully saturated rings. The van der Waals surface area contributed by atoms with E-state index in [1.54, 1.807) is 0 Å². The molecule has 2 heterocycles. The number of azide groups is 1. The Bertz CT molecular complexity index is 274. The van der Waals surface area contributed by atoms with E-state index in [2.05, 4.69) is 26.7 Å². The summed E-state index contributed by atoms with van der Waals surface area (Å²) in [5.41, 5.74) is 8.22. The van der Waals surface area contributed by atoms with Crippen LogP contribution in [0.1, 0.15) is 26.2 Å². The molecule has 0 aromatic carbocycles. The molecular weight excluding hydrogens is 202 g/mol. The van der Waals surface area contributed by atoms with Gasteiger partial charge in [-0.3, -0.25) is 9.80 Å². The van der Waals surface area contributed by atoms with Gasteiger partial charge in [0.25, 0.3) is 0 Å². The first-order valence-corrected chi connectivity index (χ1v) is 6.30. The second-order valence-electron chi connectivity index (χ2n) is 4.94. The van der Waals surface area contributed by atoms with Crippen molar-refractivity contribution in [2.45, 2.75) is 38.3 Å². The van der Waals surface area contributed by atoms with Crippen molar-refractivity contribution < 1.29 is 0 Å². The van der Waals surface area contributed by atoms with E-state index in [0.29, 0.717) is 12.6 Å². The molecule has 0 radical (unpaired) electrons. The highest BCUT2D eigenvalue weighted by molar-refractivity contribution is 4.90. The zero-order valence-electron chi connectivity index (χ0n) is 10.0. The molecule has 2 unspecified atom stereocenters. The summed E-state index contributed by atoms with van der Waals surface area (Å²) in [6.07, 6.45) is 3.71. The molecule has 2 aliphatic heterocycles. The Labute approximate surface area is 97.0 Å². The molecule has 0 bridgehead atoms. The summed E-state index contributed by atoms with van der Waals surface area (Å²) < 4.78 is 0. The van der Waals surface area contributed by atoms with Gasteiger partial charge >= 0.3 is 0 Å². The minimum absolute atomic E-state index is 0.633. The molecule has 0 aromatic heterocycles. The molecule has 0 spiro atoms. The van der Waals surface area contributed by atoms with Crippen LogP contribution in [0.4, 0.5) is 0 Å². The van der Waals surface area contributed by atoms with E-state index in [-0.39, 0.29) is 0 Å². The molecule has 0 saturated carbocycles. The van der Waals surface area contributed by atoms with Gasteiger partial charge in [0.05, 0.1) is 0 Å². The first kappa shape index (κ1) is 11.7. The van der Waals surface area contributed by atoms with Crippen LogP contribution in [-0.2, 0) is 0 Å². The summed E-state index contributed by atoms with van der Waals surface area (Å²) >= 11 is 0. The summed E-state index contributed by atoms with van der Waals surface area (Å²) in [7, 11) is 0. The van der Waals surface area contributed by atoms with E-state index in [1.165, 1.54) is 32.5 Å². The van der Waals surface area contributed by atoms with E-state index in [1.807, 2.05) is 0 Å². The molecule has 2 saturated heterocycles. The molecule has 2 atom stereocenters. The average Bonchev–Trinajstić information content (AvgIpc) is 2.71. The van der Waals surface area contributed by atoms with Gasteiger partial charge in [-0.05, 0) is 44.8 Å². The van der Waals surface area contributed by atoms with Crippen LogP contribution in [0.2, 0.25) is 0 Å². The highest BCUT2D eigenvalue weighted by atomic mass is 15.3. The van der Waals surface area contributed by atoms with Crippen LogP contribution in [0.25, 0.3) is 10.4 Å². The Morgan fingerprint density at radius 3 is 3.12 bits per heavy atom. The van der Waals surface area contributed by atoms with Gasteiger partial charge < -0.3 is 0 Å². The Morgan fingerprint density at radius 2 is 2.31 bits per heavy atom. The minimum Gasteiger partial charge on any atom is -0.298 e. The number of piperazine rings is 1. The average molecular weight is 223 g/mol. The van der Waals surface area contributed by atoms with E-state index in [9.17, 15) is 0 Å². The lowest BCUT2D eigenvalue weighted by Gasteiger charge is -2.42. The Morgan fingerprint density at radius 1 is 1.44 bits per heavy atom. The Hall–Kier alpha value is -0.770. The normalized spacial score (nSPS) is 31.1. The molecule has 0 aromatic rings. The number of nitrogens with zero attached hydrogens (tertiary/aromatic N) is 5. The van der Waals surface area contributed by atoms with Crippen LogP contribution in [-0.4, -0.2) is 54.6 Å². The zero-order chi connectivity index (χ0) is 11.4. The topological polar surface area (TPSA) is 55.2 Å². The van der Waals surface area contributed by atoms with Gasteiger partial charge in [0.1, 0.15) is 0 Å². The quantitative estimate of drug-likeness (QED) is 0.316. The fourth-order valence-corrected chi connectivity index (χ4v) is 2.95. The standard InChI is InChI=1S/C11H21N5/c1-10-8-16-6-2-4-11(16)9-15(10)7-3-5-13-14-12/h10-11H,2-9H2,1H3. The number of rotatable bonds is 4. The van der Waals surface area contributed by atoms with Crippen molar-refractivity contribution in [3.8, 4) is 0 Å². The Kier molecular flexibility index (Phi) is 4.04. The molecular formula is C11H21N5. The number of hydrogen-bond donors (Lipinski definition) is 0. The third kappa shape index (κ3) is 2.67. The second-order valence-corrected chi connectivity index (χ2v) is 4.94. The zero-order valence-corrected chi connectivity index (χ0v) is 10.0. The van der Waals surface area contributed by atoms with E-state index in [0.717, 1.165) is 19.0 Å². The lowest BCUT2D eigenvalue weighted by Crippen LogP contribution is -2.55. The third-order valence-corrected chi connectivity index (χ3v) is 3.83. The molecule has 0 amide bonds. The van der Waals surface area contributed by atoms with Gasteiger partial charge in [-0.15, -0.1) is 0 Å². The van der Waals surface area contributed by atoms with Gasteiger partial charge in [0.2, 0.25) is 0 Å². The maximum atomic E-state index is 8.22. The molecule has 5 nitrogen and oxygen atoms in total. The number of hydrogen-bond acceptors (Lipinski definition) is 3. The van der Waals surface area contributed by atoms with Gasteiger partial charge in [-0.25, -0.2) is 0 Å². The number of fused-ring (bicyclic) bond motifs is 1. The minimum atomic E-state index is 0.633. The van der Waals surface area contributed by atoms with Crippen LogP contribution < -0.4 is 0 Å². The monoisotopic (exact) mass is 223 g/mol. The molecule has 0 aliphatic carbocycles. The maximum Gasteiger partial charge on any atom is 0.0270 e. The van der Waals surface area contributed by atoms with Crippen molar-refractivity contribution in [3.05, 3.63) is 10.4 Å². The van der Waals surface area contributed by atoms with Crippen LogP contribution in [0.3, 0.4) is 0 Å². The molecule has 5 heteroatoms. The molecule has 16 heavy (non-hydrogen) atoms. The summed E-state index contributed by atoms with van der Waals surface area (Å²) in [6.45, 7) is 7.73. The molecule has 2 rings (SSSR count). The van der Waals surface area contributed by atoms with E-state index < -0.39 is 0 Å². The van der Waals surface area contributed by atoms with Crippen LogP contribution in [0.15, 0.2) is 5.11 Å². The van der Waals surface area contributed by atoms with Gasteiger partial charge in [-0.2, -0.15) is 0 Å². The fourth-order valence-electron chi connectivity index (χ4n) is 2.95. The SMILES string of the molecule is CC1CN2CCCC2CN1CCCN=[N+]=[N-]. The van der Waals surface area contributed by atoms with Crippen LogP contribution >= 0.6 is 0 Å². The Balaban J connectivity index is 1.78. The highest BCUT2D eigenvalue weighted by Gasteiger charge is 2.33. The summed E-state index contributed by atoms with van der Waals surface area (Å²) in [4.78, 5) is 7.98. The van der Waals surface area contributed by atoms with Crippen molar-refractivity contribution in [2.24, 2.45) is 5.11 Å². The summed E-state index contributed by atoms with van der Waals surface area (Å²) in [5.74, 6) is 0. The maximum absolute atomic E-state index is 8.22.